The van der Waals surface area contributed by atoms with E-state index in [9.17, 15) is 13.2 Å². The molecule has 3 aromatic rings. The average Bonchev–Trinajstić information content (AvgIpc) is 2.80. The van der Waals surface area contributed by atoms with Crippen molar-refractivity contribution >= 4 is 33.3 Å². The zero-order valence-corrected chi connectivity index (χ0v) is 18.2. The number of para-hydroxylation sites is 2. The van der Waals surface area contributed by atoms with E-state index in [-0.39, 0.29) is 15.5 Å². The molecule has 8 heteroatoms. The monoisotopic (exact) mass is 456 g/mol. The quantitative estimate of drug-likeness (QED) is 0.427. The summed E-state index contributed by atoms with van der Waals surface area (Å²) in [4.78, 5) is 14.7. The maximum atomic E-state index is 13.2. The standard InChI is InChI=1S/C23H21ClN2O4S/c24-22-12-11-20(17-21(22)23(27)30-19-9-5-2-6-10-19)31(28,29)26-15-13-25(14-16-26)18-7-3-1-4-8-18/h1-12,17H,13-16H2. The zero-order chi connectivity index (χ0) is 21.8. The summed E-state index contributed by atoms with van der Waals surface area (Å²) in [6.45, 7) is 1.87. The van der Waals surface area contributed by atoms with Gasteiger partial charge in [-0.05, 0) is 42.5 Å². The van der Waals surface area contributed by atoms with Crippen molar-refractivity contribution < 1.29 is 17.9 Å². The van der Waals surface area contributed by atoms with Crippen LogP contribution in [0.1, 0.15) is 10.4 Å². The first-order valence-corrected chi connectivity index (χ1v) is 11.6. The number of carbonyl (C=O) groups is 1. The molecule has 0 bridgehead atoms. The molecular weight excluding hydrogens is 436 g/mol. The van der Waals surface area contributed by atoms with E-state index < -0.39 is 16.0 Å². The van der Waals surface area contributed by atoms with E-state index >= 15 is 0 Å². The van der Waals surface area contributed by atoms with Crippen LogP contribution >= 0.6 is 11.6 Å². The van der Waals surface area contributed by atoms with Crippen LogP contribution in [0.5, 0.6) is 5.75 Å². The van der Waals surface area contributed by atoms with Crippen molar-refractivity contribution in [3.8, 4) is 5.75 Å². The molecule has 1 fully saturated rings. The molecule has 1 aliphatic rings. The number of esters is 1. The Bertz CT molecular complexity index is 1160. The summed E-state index contributed by atoms with van der Waals surface area (Å²) < 4.78 is 33.1. The van der Waals surface area contributed by atoms with Gasteiger partial charge in [0.25, 0.3) is 0 Å². The summed E-state index contributed by atoms with van der Waals surface area (Å²) in [5.41, 5.74) is 1.08. The van der Waals surface area contributed by atoms with Gasteiger partial charge in [0.2, 0.25) is 10.0 Å². The lowest BCUT2D eigenvalue weighted by atomic mass is 10.2. The number of nitrogens with zero attached hydrogens (tertiary/aromatic N) is 2. The minimum Gasteiger partial charge on any atom is -0.423 e. The van der Waals surface area contributed by atoms with Gasteiger partial charge in [0.05, 0.1) is 15.5 Å². The van der Waals surface area contributed by atoms with Crippen LogP contribution in [-0.4, -0.2) is 44.9 Å². The molecular formula is C23H21ClN2O4S. The first-order valence-electron chi connectivity index (χ1n) is 9.82. The molecule has 3 aromatic carbocycles. The van der Waals surface area contributed by atoms with E-state index in [1.807, 2.05) is 30.3 Å². The Morgan fingerprint density at radius 2 is 1.45 bits per heavy atom. The SMILES string of the molecule is O=C(Oc1ccccc1)c1cc(S(=O)(=O)N2CCN(c3ccccc3)CC2)ccc1Cl. The molecule has 0 saturated carbocycles. The van der Waals surface area contributed by atoms with Gasteiger partial charge in [-0.15, -0.1) is 0 Å². The first-order chi connectivity index (χ1) is 14.9. The Balaban J connectivity index is 1.51. The minimum absolute atomic E-state index is 0.00881. The van der Waals surface area contributed by atoms with E-state index in [0.717, 1.165) is 5.69 Å². The highest BCUT2D eigenvalue weighted by Gasteiger charge is 2.30. The maximum absolute atomic E-state index is 13.2. The van der Waals surface area contributed by atoms with E-state index in [1.165, 1.54) is 22.5 Å². The van der Waals surface area contributed by atoms with Gasteiger partial charge >= 0.3 is 5.97 Å². The highest BCUT2D eigenvalue weighted by Crippen LogP contribution is 2.26. The molecule has 160 valence electrons. The Morgan fingerprint density at radius 1 is 0.839 bits per heavy atom. The van der Waals surface area contributed by atoms with Gasteiger partial charge in [0, 0.05) is 31.9 Å². The fourth-order valence-electron chi connectivity index (χ4n) is 3.45. The second-order valence-electron chi connectivity index (χ2n) is 7.07. The third kappa shape index (κ3) is 4.74. The topological polar surface area (TPSA) is 66.9 Å². The van der Waals surface area contributed by atoms with Crippen LogP contribution < -0.4 is 9.64 Å². The molecule has 0 aromatic heterocycles. The van der Waals surface area contributed by atoms with Crippen molar-refractivity contribution in [3.05, 3.63) is 89.4 Å². The Morgan fingerprint density at radius 3 is 2.10 bits per heavy atom. The van der Waals surface area contributed by atoms with E-state index in [0.29, 0.717) is 31.9 Å². The average molecular weight is 457 g/mol. The van der Waals surface area contributed by atoms with Gasteiger partial charge in [0.1, 0.15) is 5.75 Å². The van der Waals surface area contributed by atoms with Gasteiger partial charge in [-0.3, -0.25) is 0 Å². The number of sulfonamides is 1. The first kappa shape index (κ1) is 21.4. The molecule has 0 N–H and O–H groups in total. The summed E-state index contributed by atoms with van der Waals surface area (Å²) in [5.74, 6) is -0.351. The number of anilines is 1. The number of ether oxygens (including phenoxy) is 1. The van der Waals surface area contributed by atoms with E-state index in [1.54, 1.807) is 30.3 Å². The normalized spacial score (nSPS) is 14.9. The highest BCUT2D eigenvalue weighted by atomic mass is 35.5. The van der Waals surface area contributed by atoms with Crippen molar-refractivity contribution in [2.75, 3.05) is 31.1 Å². The van der Waals surface area contributed by atoms with Gasteiger partial charge < -0.3 is 9.64 Å². The third-order valence-corrected chi connectivity index (χ3v) is 7.33. The van der Waals surface area contributed by atoms with Crippen LogP contribution in [0.3, 0.4) is 0 Å². The van der Waals surface area contributed by atoms with Gasteiger partial charge in [-0.2, -0.15) is 4.31 Å². The molecule has 1 aliphatic heterocycles. The lowest BCUT2D eigenvalue weighted by Crippen LogP contribution is -2.48. The zero-order valence-electron chi connectivity index (χ0n) is 16.6. The van der Waals surface area contributed by atoms with Crippen LogP contribution in [0.2, 0.25) is 5.02 Å². The van der Waals surface area contributed by atoms with Crippen LogP contribution in [0.25, 0.3) is 0 Å². The molecule has 0 radical (unpaired) electrons. The maximum Gasteiger partial charge on any atom is 0.345 e. The van der Waals surface area contributed by atoms with Crippen LogP contribution in [0.4, 0.5) is 5.69 Å². The smallest absolute Gasteiger partial charge is 0.345 e. The molecule has 6 nitrogen and oxygen atoms in total. The molecule has 1 saturated heterocycles. The predicted molar refractivity (Wildman–Crippen MR) is 120 cm³/mol. The van der Waals surface area contributed by atoms with E-state index in [4.69, 9.17) is 16.3 Å². The molecule has 0 unspecified atom stereocenters. The van der Waals surface area contributed by atoms with Crippen molar-refractivity contribution in [2.24, 2.45) is 0 Å². The molecule has 0 spiro atoms. The lowest BCUT2D eigenvalue weighted by Gasteiger charge is -2.35. The number of piperazine rings is 1. The largest absolute Gasteiger partial charge is 0.423 e. The Kier molecular flexibility index (Phi) is 6.27. The van der Waals surface area contributed by atoms with Crippen LogP contribution in [0.15, 0.2) is 83.8 Å². The van der Waals surface area contributed by atoms with Crippen molar-refractivity contribution in [1.29, 1.82) is 0 Å². The molecule has 0 aliphatic carbocycles. The van der Waals surface area contributed by atoms with Crippen molar-refractivity contribution in [3.63, 3.8) is 0 Å². The van der Waals surface area contributed by atoms with Crippen LogP contribution in [-0.2, 0) is 10.0 Å². The Hall–Kier alpha value is -2.87. The number of carbonyl (C=O) groups excluding carboxylic acids is 1. The molecule has 1 heterocycles. The second-order valence-corrected chi connectivity index (χ2v) is 9.42. The summed E-state index contributed by atoms with van der Waals surface area (Å²) in [5, 5.41) is 0.133. The summed E-state index contributed by atoms with van der Waals surface area (Å²) in [6, 6.07) is 22.5. The molecule has 0 amide bonds. The highest BCUT2D eigenvalue weighted by molar-refractivity contribution is 7.89. The van der Waals surface area contributed by atoms with Crippen molar-refractivity contribution in [2.45, 2.75) is 4.90 Å². The van der Waals surface area contributed by atoms with Gasteiger partial charge in [-0.25, -0.2) is 13.2 Å². The van der Waals surface area contributed by atoms with Gasteiger partial charge in [0.15, 0.2) is 0 Å². The van der Waals surface area contributed by atoms with E-state index in [2.05, 4.69) is 4.90 Å². The number of hydrogen-bond donors (Lipinski definition) is 0. The molecule has 31 heavy (non-hydrogen) atoms. The second kappa shape index (κ2) is 9.09. The van der Waals surface area contributed by atoms with Crippen molar-refractivity contribution in [1.82, 2.24) is 4.31 Å². The van der Waals surface area contributed by atoms with Crippen LogP contribution in [0, 0.1) is 0 Å². The number of halogens is 1. The summed E-state index contributed by atoms with van der Waals surface area (Å²) in [7, 11) is -3.77. The molecule has 0 atom stereocenters. The minimum atomic E-state index is -3.77. The number of hydrogen-bond acceptors (Lipinski definition) is 5. The predicted octanol–water partition coefficient (Wildman–Crippen LogP) is 4.07. The Labute approximate surface area is 186 Å². The summed E-state index contributed by atoms with van der Waals surface area (Å²) in [6.07, 6.45) is 0. The van der Waals surface area contributed by atoms with Gasteiger partial charge in [-0.1, -0.05) is 48.0 Å². The fraction of sp³-hybridized carbons (Fsp3) is 0.174. The number of rotatable bonds is 5. The lowest BCUT2D eigenvalue weighted by molar-refractivity contribution is 0.0734. The summed E-state index contributed by atoms with van der Waals surface area (Å²) >= 11 is 6.16. The molecule has 4 rings (SSSR count). The fourth-order valence-corrected chi connectivity index (χ4v) is 5.09. The third-order valence-electron chi connectivity index (χ3n) is 5.11. The number of benzene rings is 3.